The van der Waals surface area contributed by atoms with Crippen molar-refractivity contribution in [1.29, 1.82) is 0 Å². The Balaban J connectivity index is 1.56. The summed E-state index contributed by atoms with van der Waals surface area (Å²) >= 11 is 0. The van der Waals surface area contributed by atoms with Crippen LogP contribution in [-0.2, 0) is 13.0 Å². The molecule has 2 aromatic rings. The number of nitrogens with two attached hydrogens (primary N) is 1. The number of benzene rings is 2. The van der Waals surface area contributed by atoms with Crippen LogP contribution in [0.5, 0.6) is 11.5 Å². The molecule has 0 bridgehead atoms. The topological polar surface area (TPSA) is 76.8 Å². The van der Waals surface area contributed by atoms with Gasteiger partial charge in [-0.25, -0.2) is 0 Å². The van der Waals surface area contributed by atoms with Crippen LogP contribution < -0.4 is 20.5 Å². The molecule has 0 fully saturated rings. The van der Waals surface area contributed by atoms with E-state index in [-0.39, 0.29) is 5.91 Å². The van der Waals surface area contributed by atoms with Crippen LogP contribution >= 0.6 is 0 Å². The monoisotopic (exact) mass is 355 g/mol. The van der Waals surface area contributed by atoms with Crippen molar-refractivity contribution >= 4 is 11.6 Å². The minimum atomic E-state index is -0.132. The van der Waals surface area contributed by atoms with Gasteiger partial charge in [-0.15, -0.1) is 0 Å². The lowest BCUT2D eigenvalue weighted by molar-refractivity contribution is 0.0948. The molecule has 0 unspecified atom stereocenters. The third kappa shape index (κ3) is 3.91. The number of para-hydroxylation sites is 1. The summed E-state index contributed by atoms with van der Waals surface area (Å²) in [6, 6.07) is 11.2. The first kappa shape index (κ1) is 18.1. The van der Waals surface area contributed by atoms with Crippen LogP contribution in [0.2, 0.25) is 0 Å². The predicted molar refractivity (Wildman–Crippen MR) is 102 cm³/mol. The molecule has 0 saturated heterocycles. The summed E-state index contributed by atoms with van der Waals surface area (Å²) in [5.74, 6) is 1.39. The zero-order chi connectivity index (χ0) is 18.5. The van der Waals surface area contributed by atoms with Gasteiger partial charge >= 0.3 is 0 Å². The van der Waals surface area contributed by atoms with Crippen molar-refractivity contribution in [3.05, 3.63) is 53.1 Å². The molecule has 0 saturated carbocycles. The predicted octanol–water partition coefficient (Wildman–Crippen LogP) is 2.07. The van der Waals surface area contributed by atoms with Crippen molar-refractivity contribution in [3.63, 3.8) is 0 Å². The molecule has 26 heavy (non-hydrogen) atoms. The number of hydrogen-bond acceptors (Lipinski definition) is 5. The number of nitrogens with zero attached hydrogens (tertiary/aromatic N) is 1. The van der Waals surface area contributed by atoms with E-state index in [1.165, 1.54) is 11.1 Å². The summed E-state index contributed by atoms with van der Waals surface area (Å²) < 4.78 is 10.8. The summed E-state index contributed by atoms with van der Waals surface area (Å²) in [7, 11) is 3.30. The highest BCUT2D eigenvalue weighted by Crippen LogP contribution is 2.33. The Morgan fingerprint density at radius 3 is 2.54 bits per heavy atom. The maximum absolute atomic E-state index is 12.2. The highest BCUT2D eigenvalue weighted by molar-refractivity contribution is 5.99. The molecular formula is C20H25N3O3. The lowest BCUT2D eigenvalue weighted by atomic mass is 9.99. The van der Waals surface area contributed by atoms with Gasteiger partial charge in [0, 0.05) is 31.9 Å². The van der Waals surface area contributed by atoms with Crippen molar-refractivity contribution < 1.29 is 14.3 Å². The maximum Gasteiger partial charge on any atom is 0.253 e. The zero-order valence-electron chi connectivity index (χ0n) is 15.2. The molecule has 138 valence electrons. The van der Waals surface area contributed by atoms with Crippen molar-refractivity contribution in [2.75, 3.05) is 39.6 Å². The van der Waals surface area contributed by atoms with Gasteiger partial charge < -0.3 is 20.5 Å². The second-order valence-electron chi connectivity index (χ2n) is 6.35. The van der Waals surface area contributed by atoms with Gasteiger partial charge in [-0.3, -0.25) is 9.69 Å². The van der Waals surface area contributed by atoms with Crippen LogP contribution in [0.4, 0.5) is 5.69 Å². The average Bonchev–Trinajstić information content (AvgIpc) is 2.67. The van der Waals surface area contributed by atoms with E-state index in [0.29, 0.717) is 17.8 Å². The lowest BCUT2D eigenvalue weighted by Gasteiger charge is -2.29. The number of carbonyl (C=O) groups excluding carboxylic acids is 1. The van der Waals surface area contributed by atoms with E-state index >= 15 is 0 Å². The van der Waals surface area contributed by atoms with Gasteiger partial charge in [0.2, 0.25) is 0 Å². The molecule has 2 aromatic carbocycles. The van der Waals surface area contributed by atoms with Crippen molar-refractivity contribution in [3.8, 4) is 11.5 Å². The van der Waals surface area contributed by atoms with Crippen LogP contribution in [0.25, 0.3) is 0 Å². The van der Waals surface area contributed by atoms with E-state index in [1.54, 1.807) is 26.4 Å². The molecule has 0 atom stereocenters. The summed E-state index contributed by atoms with van der Waals surface area (Å²) in [5, 5.41) is 2.95. The summed E-state index contributed by atoms with van der Waals surface area (Å²) in [4.78, 5) is 14.5. The molecule has 3 rings (SSSR count). The fourth-order valence-corrected chi connectivity index (χ4v) is 3.26. The first-order valence-electron chi connectivity index (χ1n) is 8.71. The summed E-state index contributed by atoms with van der Waals surface area (Å²) in [5.41, 5.74) is 9.40. The summed E-state index contributed by atoms with van der Waals surface area (Å²) in [6.45, 7) is 3.15. The van der Waals surface area contributed by atoms with Gasteiger partial charge in [0.1, 0.15) is 0 Å². The van der Waals surface area contributed by atoms with E-state index in [4.69, 9.17) is 15.2 Å². The molecule has 3 N–H and O–H groups in total. The third-order valence-corrected chi connectivity index (χ3v) is 4.72. The van der Waals surface area contributed by atoms with Crippen LogP contribution in [-0.4, -0.2) is 44.7 Å². The number of rotatable bonds is 6. The molecular weight excluding hydrogens is 330 g/mol. The highest BCUT2D eigenvalue weighted by atomic mass is 16.5. The standard InChI is InChI=1S/C20H25N3O3/c1-25-18-11-14-7-9-23(13-15(14)12-19(18)26-2)10-8-22-20(24)16-5-3-4-6-17(16)21/h3-6,11-12H,7-10,13,21H2,1-2H3,(H,22,24). The molecule has 1 aliphatic rings. The van der Waals surface area contributed by atoms with Gasteiger partial charge in [0.05, 0.1) is 19.8 Å². The van der Waals surface area contributed by atoms with Crippen molar-refractivity contribution in [2.24, 2.45) is 0 Å². The highest BCUT2D eigenvalue weighted by Gasteiger charge is 2.19. The van der Waals surface area contributed by atoms with Crippen LogP contribution in [0, 0.1) is 0 Å². The van der Waals surface area contributed by atoms with Gasteiger partial charge in [-0.1, -0.05) is 12.1 Å². The number of carbonyl (C=O) groups is 1. The Labute approximate surface area is 153 Å². The molecule has 1 heterocycles. The number of ether oxygens (including phenoxy) is 2. The van der Waals surface area contributed by atoms with E-state index < -0.39 is 0 Å². The average molecular weight is 355 g/mol. The van der Waals surface area contributed by atoms with Crippen molar-refractivity contribution in [1.82, 2.24) is 10.2 Å². The van der Waals surface area contributed by atoms with E-state index in [0.717, 1.165) is 37.6 Å². The minimum absolute atomic E-state index is 0.132. The number of amides is 1. The number of methoxy groups -OCH3 is 2. The molecule has 6 heteroatoms. The van der Waals surface area contributed by atoms with Crippen LogP contribution in [0.15, 0.2) is 36.4 Å². The second-order valence-corrected chi connectivity index (χ2v) is 6.35. The largest absolute Gasteiger partial charge is 0.493 e. The van der Waals surface area contributed by atoms with Gasteiger partial charge in [0.15, 0.2) is 11.5 Å². The van der Waals surface area contributed by atoms with Gasteiger partial charge in [-0.2, -0.15) is 0 Å². The number of hydrogen-bond donors (Lipinski definition) is 2. The fraction of sp³-hybridized carbons (Fsp3) is 0.350. The number of anilines is 1. The molecule has 1 aliphatic heterocycles. The zero-order valence-corrected chi connectivity index (χ0v) is 15.2. The quantitative estimate of drug-likeness (QED) is 0.776. The van der Waals surface area contributed by atoms with E-state index in [2.05, 4.69) is 16.3 Å². The number of nitrogens with one attached hydrogen (secondary N) is 1. The number of fused-ring (bicyclic) bond motifs is 1. The maximum atomic E-state index is 12.2. The lowest BCUT2D eigenvalue weighted by Crippen LogP contribution is -2.38. The Morgan fingerprint density at radius 1 is 1.15 bits per heavy atom. The van der Waals surface area contributed by atoms with Gasteiger partial charge in [-0.05, 0) is 41.8 Å². The normalized spacial score (nSPS) is 13.8. The molecule has 0 aromatic heterocycles. The fourth-order valence-electron chi connectivity index (χ4n) is 3.26. The Kier molecular flexibility index (Phi) is 5.63. The van der Waals surface area contributed by atoms with Crippen molar-refractivity contribution in [2.45, 2.75) is 13.0 Å². The second kappa shape index (κ2) is 8.10. The molecule has 0 aliphatic carbocycles. The Morgan fingerprint density at radius 2 is 1.85 bits per heavy atom. The van der Waals surface area contributed by atoms with Gasteiger partial charge in [0.25, 0.3) is 5.91 Å². The third-order valence-electron chi connectivity index (χ3n) is 4.72. The van der Waals surface area contributed by atoms with E-state index in [1.807, 2.05) is 18.2 Å². The smallest absolute Gasteiger partial charge is 0.253 e. The number of nitrogen functional groups attached to an aromatic ring is 1. The molecule has 6 nitrogen and oxygen atoms in total. The minimum Gasteiger partial charge on any atom is -0.493 e. The van der Waals surface area contributed by atoms with Crippen LogP contribution in [0.3, 0.4) is 0 Å². The van der Waals surface area contributed by atoms with E-state index in [9.17, 15) is 4.79 Å². The molecule has 0 radical (unpaired) electrons. The Bertz CT molecular complexity index is 792. The Hall–Kier alpha value is -2.73. The first-order chi connectivity index (χ1) is 12.6. The first-order valence-corrected chi connectivity index (χ1v) is 8.71. The molecule has 0 spiro atoms. The SMILES string of the molecule is COc1cc2c(cc1OC)CN(CCNC(=O)c1ccccc1N)CC2. The summed E-state index contributed by atoms with van der Waals surface area (Å²) in [6.07, 6.45) is 0.954. The molecule has 1 amide bonds. The van der Waals surface area contributed by atoms with Crippen LogP contribution in [0.1, 0.15) is 21.5 Å².